The van der Waals surface area contributed by atoms with Gasteiger partial charge in [-0.05, 0) is 24.8 Å². The lowest BCUT2D eigenvalue weighted by molar-refractivity contribution is -0.0870. The summed E-state index contributed by atoms with van der Waals surface area (Å²) in [4.78, 5) is 13.9. The highest BCUT2D eigenvalue weighted by molar-refractivity contribution is 7.91. The Morgan fingerprint density at radius 2 is 2.12 bits per heavy atom. The number of ether oxygens (including phenoxy) is 1. The average molecular weight is 364 g/mol. The fourth-order valence-electron chi connectivity index (χ4n) is 3.95. The minimum absolute atomic E-state index is 0.181. The maximum absolute atomic E-state index is 12.4. The monoisotopic (exact) mass is 364 g/mol. The SMILES string of the molecule is CN(c1ncnc2[nH]ccc12)[C@H]1C[C@@H](CS(=O)(=O)CC2(C)COC2)C1. The molecule has 0 spiro atoms. The van der Waals surface area contributed by atoms with Crippen LogP contribution in [0.1, 0.15) is 19.8 Å². The van der Waals surface area contributed by atoms with Crippen LogP contribution in [-0.2, 0) is 14.6 Å². The van der Waals surface area contributed by atoms with Crippen molar-refractivity contribution in [3.63, 3.8) is 0 Å². The number of H-pyrrole nitrogens is 1. The number of sulfone groups is 1. The maximum atomic E-state index is 12.4. The zero-order valence-electron chi connectivity index (χ0n) is 14.6. The second-order valence-corrected chi connectivity index (χ2v) is 10.0. The molecule has 1 aliphatic carbocycles. The first-order chi connectivity index (χ1) is 11.9. The molecular weight excluding hydrogens is 340 g/mol. The van der Waals surface area contributed by atoms with Gasteiger partial charge in [0.15, 0.2) is 9.84 Å². The van der Waals surface area contributed by atoms with Crippen molar-refractivity contribution in [1.29, 1.82) is 0 Å². The van der Waals surface area contributed by atoms with Gasteiger partial charge in [-0.2, -0.15) is 0 Å². The standard InChI is InChI=1S/C17H24N4O3S/c1-17(8-24-9-17)10-25(22,23)7-12-5-13(6-12)21(2)16-14-3-4-18-15(14)19-11-20-16/h3-4,11-13H,5-10H2,1-2H3,(H,18,19,20)/t12-,13+. The van der Waals surface area contributed by atoms with Crippen LogP contribution in [0, 0.1) is 11.3 Å². The molecule has 1 saturated heterocycles. The molecule has 0 unspecified atom stereocenters. The van der Waals surface area contributed by atoms with Gasteiger partial charge in [0, 0.05) is 24.7 Å². The smallest absolute Gasteiger partial charge is 0.151 e. The fourth-order valence-corrected chi connectivity index (χ4v) is 6.29. The molecule has 2 aromatic rings. The lowest BCUT2D eigenvalue weighted by atomic mass is 9.81. The topological polar surface area (TPSA) is 88.2 Å². The molecule has 0 bridgehead atoms. The Morgan fingerprint density at radius 1 is 1.36 bits per heavy atom. The summed E-state index contributed by atoms with van der Waals surface area (Å²) in [6.45, 7) is 3.11. The highest BCUT2D eigenvalue weighted by Crippen LogP contribution is 2.37. The van der Waals surface area contributed by atoms with E-state index in [9.17, 15) is 8.42 Å². The summed E-state index contributed by atoms with van der Waals surface area (Å²) < 4.78 is 30.0. The van der Waals surface area contributed by atoms with Crippen molar-refractivity contribution in [1.82, 2.24) is 15.0 Å². The Kier molecular flexibility index (Phi) is 3.99. The summed E-state index contributed by atoms with van der Waals surface area (Å²) in [5.74, 6) is 1.67. The number of rotatable bonds is 6. The molecule has 136 valence electrons. The number of aromatic amines is 1. The second kappa shape index (κ2) is 5.95. The summed E-state index contributed by atoms with van der Waals surface area (Å²) in [6.07, 6.45) is 5.20. The van der Waals surface area contributed by atoms with Crippen molar-refractivity contribution in [3.8, 4) is 0 Å². The van der Waals surface area contributed by atoms with Crippen molar-refractivity contribution in [2.45, 2.75) is 25.8 Å². The predicted octanol–water partition coefficient (Wildman–Crippen LogP) is 1.62. The number of hydrogen-bond acceptors (Lipinski definition) is 6. The first-order valence-corrected chi connectivity index (χ1v) is 10.5. The molecule has 2 aromatic heterocycles. The molecule has 2 aliphatic rings. The molecule has 0 aromatic carbocycles. The van der Waals surface area contributed by atoms with Gasteiger partial charge in [-0.1, -0.05) is 6.92 Å². The zero-order chi connectivity index (χ0) is 17.7. The summed E-state index contributed by atoms with van der Waals surface area (Å²) >= 11 is 0. The van der Waals surface area contributed by atoms with Crippen molar-refractivity contribution in [2.75, 3.05) is 36.7 Å². The average Bonchev–Trinajstić information content (AvgIpc) is 2.96. The molecule has 3 heterocycles. The van der Waals surface area contributed by atoms with Crippen LogP contribution in [0.25, 0.3) is 11.0 Å². The summed E-state index contributed by atoms with van der Waals surface area (Å²) in [5.41, 5.74) is 0.644. The number of aromatic nitrogens is 3. The van der Waals surface area contributed by atoms with Crippen molar-refractivity contribution < 1.29 is 13.2 Å². The molecule has 7 nitrogen and oxygen atoms in total. The number of anilines is 1. The van der Waals surface area contributed by atoms with E-state index in [0.717, 1.165) is 29.7 Å². The van der Waals surface area contributed by atoms with E-state index in [-0.39, 0.29) is 22.8 Å². The lowest BCUT2D eigenvalue weighted by Crippen LogP contribution is -2.48. The first kappa shape index (κ1) is 16.8. The van der Waals surface area contributed by atoms with Crippen LogP contribution in [0.15, 0.2) is 18.6 Å². The molecule has 1 saturated carbocycles. The molecule has 1 N–H and O–H groups in total. The highest BCUT2D eigenvalue weighted by atomic mass is 32.2. The normalized spacial score (nSPS) is 25.4. The van der Waals surface area contributed by atoms with E-state index in [0.29, 0.717) is 19.3 Å². The third kappa shape index (κ3) is 3.25. The van der Waals surface area contributed by atoms with E-state index in [1.165, 1.54) is 0 Å². The van der Waals surface area contributed by atoms with Crippen LogP contribution in [0.2, 0.25) is 0 Å². The van der Waals surface area contributed by atoms with Gasteiger partial charge in [0.25, 0.3) is 0 Å². The summed E-state index contributed by atoms with van der Waals surface area (Å²) in [5, 5.41) is 0.999. The Hall–Kier alpha value is -1.67. The minimum Gasteiger partial charge on any atom is -0.380 e. The number of hydrogen-bond donors (Lipinski definition) is 1. The van der Waals surface area contributed by atoms with Gasteiger partial charge in [0.2, 0.25) is 0 Å². The molecular formula is C17H24N4O3S. The van der Waals surface area contributed by atoms with E-state index in [1.807, 2.05) is 26.2 Å². The van der Waals surface area contributed by atoms with Crippen LogP contribution < -0.4 is 4.90 Å². The van der Waals surface area contributed by atoms with Crippen LogP contribution in [0.5, 0.6) is 0 Å². The Labute approximate surface area is 147 Å². The third-order valence-electron chi connectivity index (χ3n) is 5.38. The molecule has 0 amide bonds. The second-order valence-electron chi connectivity index (χ2n) is 7.90. The van der Waals surface area contributed by atoms with Crippen LogP contribution in [0.3, 0.4) is 0 Å². The molecule has 2 fully saturated rings. The lowest BCUT2D eigenvalue weighted by Gasteiger charge is -2.42. The van der Waals surface area contributed by atoms with E-state index >= 15 is 0 Å². The Balaban J connectivity index is 1.36. The van der Waals surface area contributed by atoms with Gasteiger partial charge >= 0.3 is 0 Å². The summed E-state index contributed by atoms with van der Waals surface area (Å²) in [7, 11) is -1.00. The Morgan fingerprint density at radius 3 is 2.80 bits per heavy atom. The number of nitrogens with one attached hydrogen (secondary N) is 1. The molecule has 1 aliphatic heterocycles. The minimum atomic E-state index is -3.03. The predicted molar refractivity (Wildman–Crippen MR) is 96.4 cm³/mol. The van der Waals surface area contributed by atoms with E-state index in [4.69, 9.17) is 4.74 Å². The summed E-state index contributed by atoms with van der Waals surface area (Å²) in [6, 6.07) is 2.30. The van der Waals surface area contributed by atoms with Gasteiger partial charge < -0.3 is 14.6 Å². The van der Waals surface area contributed by atoms with Crippen molar-refractivity contribution in [2.24, 2.45) is 11.3 Å². The Bertz CT molecular complexity index is 869. The molecule has 25 heavy (non-hydrogen) atoms. The number of fused-ring (bicyclic) bond motifs is 1. The van der Waals surface area contributed by atoms with Gasteiger partial charge in [-0.15, -0.1) is 0 Å². The van der Waals surface area contributed by atoms with Gasteiger partial charge in [-0.25, -0.2) is 18.4 Å². The van der Waals surface area contributed by atoms with Gasteiger partial charge in [0.05, 0.1) is 30.1 Å². The molecule has 0 radical (unpaired) electrons. The van der Waals surface area contributed by atoms with Crippen molar-refractivity contribution in [3.05, 3.63) is 18.6 Å². The van der Waals surface area contributed by atoms with Crippen LogP contribution in [0.4, 0.5) is 5.82 Å². The van der Waals surface area contributed by atoms with E-state index < -0.39 is 9.84 Å². The highest BCUT2D eigenvalue weighted by Gasteiger charge is 2.41. The molecule has 0 atom stereocenters. The number of nitrogens with zero attached hydrogens (tertiary/aromatic N) is 3. The largest absolute Gasteiger partial charge is 0.380 e. The zero-order valence-corrected chi connectivity index (χ0v) is 15.4. The maximum Gasteiger partial charge on any atom is 0.151 e. The van der Waals surface area contributed by atoms with E-state index in [2.05, 4.69) is 19.9 Å². The first-order valence-electron chi connectivity index (χ1n) is 8.64. The molecule has 4 rings (SSSR count). The van der Waals surface area contributed by atoms with Crippen LogP contribution >= 0.6 is 0 Å². The van der Waals surface area contributed by atoms with Crippen LogP contribution in [-0.4, -0.2) is 61.2 Å². The quantitative estimate of drug-likeness (QED) is 0.838. The fraction of sp³-hybridized carbons (Fsp3) is 0.647. The molecule has 8 heteroatoms. The van der Waals surface area contributed by atoms with Gasteiger partial charge in [-0.3, -0.25) is 0 Å². The van der Waals surface area contributed by atoms with Gasteiger partial charge in [0.1, 0.15) is 17.8 Å². The van der Waals surface area contributed by atoms with Crippen molar-refractivity contribution >= 4 is 26.7 Å². The third-order valence-corrected chi connectivity index (χ3v) is 7.50. The van der Waals surface area contributed by atoms with E-state index in [1.54, 1.807) is 6.33 Å².